The second kappa shape index (κ2) is 6.27. The molecule has 1 aliphatic heterocycles. The van der Waals surface area contributed by atoms with Crippen LogP contribution in [0.2, 0.25) is 0 Å². The molecule has 0 radical (unpaired) electrons. The number of benzene rings is 1. The van der Waals surface area contributed by atoms with E-state index in [0.717, 1.165) is 24.2 Å². The topological polar surface area (TPSA) is 38.8 Å². The maximum atomic E-state index is 11.7. The number of amides is 1. The molecule has 0 N–H and O–H groups in total. The third-order valence-electron chi connectivity index (χ3n) is 3.28. The Bertz CT molecular complexity index is 470. The van der Waals surface area contributed by atoms with Crippen LogP contribution in [-0.2, 0) is 11.2 Å². The molecule has 0 aliphatic carbocycles. The first-order valence-electron chi connectivity index (χ1n) is 6.38. The van der Waals surface area contributed by atoms with Gasteiger partial charge in [-0.25, -0.2) is 4.79 Å². The van der Waals surface area contributed by atoms with Crippen LogP contribution in [0.4, 0.5) is 4.79 Å². The summed E-state index contributed by atoms with van der Waals surface area (Å²) < 4.78 is 10.0. The van der Waals surface area contributed by atoms with Crippen molar-refractivity contribution in [1.29, 1.82) is 0 Å². The highest BCUT2D eigenvalue weighted by atomic mass is 16.5. The lowest BCUT2D eigenvalue weighted by Gasteiger charge is -2.31. The van der Waals surface area contributed by atoms with E-state index < -0.39 is 0 Å². The molecule has 0 bridgehead atoms. The van der Waals surface area contributed by atoms with Gasteiger partial charge >= 0.3 is 6.09 Å². The molecule has 0 saturated heterocycles. The van der Waals surface area contributed by atoms with E-state index in [9.17, 15) is 4.79 Å². The van der Waals surface area contributed by atoms with Gasteiger partial charge in [-0.05, 0) is 30.5 Å². The zero-order chi connectivity index (χ0) is 13.7. The van der Waals surface area contributed by atoms with Gasteiger partial charge in [-0.2, -0.15) is 0 Å². The van der Waals surface area contributed by atoms with Gasteiger partial charge in [-0.15, -0.1) is 0 Å². The summed E-state index contributed by atoms with van der Waals surface area (Å²) in [6.45, 7) is 0.706. The van der Waals surface area contributed by atoms with E-state index >= 15 is 0 Å². The van der Waals surface area contributed by atoms with Crippen molar-refractivity contribution in [2.75, 3.05) is 20.8 Å². The van der Waals surface area contributed by atoms with Gasteiger partial charge in [0.1, 0.15) is 5.75 Å². The van der Waals surface area contributed by atoms with Crippen molar-refractivity contribution < 1.29 is 14.3 Å². The fourth-order valence-corrected chi connectivity index (χ4v) is 2.30. The molecule has 1 aliphatic rings. The average Bonchev–Trinajstić information content (AvgIpc) is 2.47. The number of carbonyl (C=O) groups is 1. The molecule has 1 aromatic carbocycles. The number of ether oxygens (including phenoxy) is 2. The Labute approximate surface area is 113 Å². The molecule has 0 spiro atoms. The number of hydrogen-bond donors (Lipinski definition) is 0. The van der Waals surface area contributed by atoms with Crippen LogP contribution in [0.25, 0.3) is 0 Å². The van der Waals surface area contributed by atoms with Crippen molar-refractivity contribution >= 4 is 6.09 Å². The van der Waals surface area contributed by atoms with Crippen LogP contribution < -0.4 is 4.74 Å². The average molecular weight is 261 g/mol. The van der Waals surface area contributed by atoms with Gasteiger partial charge in [0.05, 0.1) is 20.3 Å². The molecule has 0 fully saturated rings. The van der Waals surface area contributed by atoms with Gasteiger partial charge < -0.3 is 14.4 Å². The summed E-state index contributed by atoms with van der Waals surface area (Å²) in [6.07, 6.45) is 5.56. The molecular weight excluding hydrogens is 242 g/mol. The highest BCUT2D eigenvalue weighted by Gasteiger charge is 2.24. The lowest BCUT2D eigenvalue weighted by Crippen LogP contribution is -2.42. The first-order chi connectivity index (χ1) is 9.24. The van der Waals surface area contributed by atoms with Crippen molar-refractivity contribution in [3.63, 3.8) is 0 Å². The smallest absolute Gasteiger partial charge is 0.409 e. The second-order valence-corrected chi connectivity index (χ2v) is 4.50. The van der Waals surface area contributed by atoms with E-state index in [0.29, 0.717) is 6.54 Å². The quantitative estimate of drug-likeness (QED) is 0.785. The predicted octanol–water partition coefficient (Wildman–Crippen LogP) is 2.63. The Balaban J connectivity index is 2.12. The summed E-state index contributed by atoms with van der Waals surface area (Å²) >= 11 is 0. The molecule has 102 valence electrons. The SMILES string of the molecule is COC(=O)N1CCC=CC1Cc1cccc(OC)c1. The van der Waals surface area contributed by atoms with E-state index in [2.05, 4.69) is 12.2 Å². The van der Waals surface area contributed by atoms with E-state index in [1.54, 1.807) is 12.0 Å². The van der Waals surface area contributed by atoms with E-state index in [1.165, 1.54) is 7.11 Å². The maximum Gasteiger partial charge on any atom is 0.409 e. The molecule has 1 amide bonds. The minimum Gasteiger partial charge on any atom is -0.497 e. The summed E-state index contributed by atoms with van der Waals surface area (Å²) in [7, 11) is 3.07. The lowest BCUT2D eigenvalue weighted by atomic mass is 10.0. The van der Waals surface area contributed by atoms with Gasteiger partial charge in [-0.3, -0.25) is 0 Å². The van der Waals surface area contributed by atoms with Crippen LogP contribution in [0.15, 0.2) is 36.4 Å². The molecule has 2 rings (SSSR count). The minimum absolute atomic E-state index is 0.0494. The van der Waals surface area contributed by atoms with Gasteiger partial charge in [0.15, 0.2) is 0 Å². The summed E-state index contributed by atoms with van der Waals surface area (Å²) in [5, 5.41) is 0. The number of carbonyl (C=O) groups excluding carboxylic acids is 1. The fourth-order valence-electron chi connectivity index (χ4n) is 2.30. The van der Waals surface area contributed by atoms with E-state index in [-0.39, 0.29) is 12.1 Å². The largest absolute Gasteiger partial charge is 0.497 e. The summed E-state index contributed by atoms with van der Waals surface area (Å²) in [5.41, 5.74) is 1.14. The molecular formula is C15H19NO3. The molecule has 0 saturated carbocycles. The van der Waals surface area contributed by atoms with Crippen LogP contribution in [0.5, 0.6) is 5.75 Å². The predicted molar refractivity (Wildman–Crippen MR) is 73.4 cm³/mol. The third-order valence-corrected chi connectivity index (χ3v) is 3.28. The number of hydrogen-bond acceptors (Lipinski definition) is 3. The highest BCUT2D eigenvalue weighted by molar-refractivity contribution is 5.68. The van der Waals surface area contributed by atoms with Crippen LogP contribution in [0.1, 0.15) is 12.0 Å². The van der Waals surface area contributed by atoms with Crippen LogP contribution in [0, 0.1) is 0 Å². The Morgan fingerprint density at radius 1 is 1.42 bits per heavy atom. The number of nitrogens with zero attached hydrogens (tertiary/aromatic N) is 1. The van der Waals surface area contributed by atoms with Gasteiger partial charge in [0, 0.05) is 6.54 Å². The van der Waals surface area contributed by atoms with Crippen LogP contribution in [-0.4, -0.2) is 37.8 Å². The zero-order valence-electron chi connectivity index (χ0n) is 11.3. The minimum atomic E-state index is -0.266. The second-order valence-electron chi connectivity index (χ2n) is 4.50. The van der Waals surface area contributed by atoms with Gasteiger partial charge in [0.2, 0.25) is 0 Å². The third kappa shape index (κ3) is 3.28. The first-order valence-corrected chi connectivity index (χ1v) is 6.38. The molecule has 1 atom stereocenters. The van der Waals surface area contributed by atoms with Gasteiger partial charge in [-0.1, -0.05) is 24.3 Å². The van der Waals surface area contributed by atoms with Crippen molar-refractivity contribution in [2.45, 2.75) is 18.9 Å². The summed E-state index contributed by atoms with van der Waals surface area (Å²) in [6, 6.07) is 7.97. The summed E-state index contributed by atoms with van der Waals surface area (Å²) in [5.74, 6) is 0.835. The Morgan fingerprint density at radius 2 is 2.26 bits per heavy atom. The van der Waals surface area contributed by atoms with Crippen molar-refractivity contribution in [1.82, 2.24) is 4.90 Å². The molecule has 4 heteroatoms. The molecule has 1 unspecified atom stereocenters. The fraction of sp³-hybridized carbons (Fsp3) is 0.400. The molecule has 4 nitrogen and oxygen atoms in total. The Kier molecular flexibility index (Phi) is 4.44. The van der Waals surface area contributed by atoms with E-state index in [1.807, 2.05) is 24.3 Å². The van der Waals surface area contributed by atoms with Crippen molar-refractivity contribution in [3.05, 3.63) is 42.0 Å². The Hall–Kier alpha value is -1.97. The zero-order valence-corrected chi connectivity index (χ0v) is 11.3. The monoisotopic (exact) mass is 261 g/mol. The Morgan fingerprint density at radius 3 is 3.00 bits per heavy atom. The van der Waals surface area contributed by atoms with Gasteiger partial charge in [0.25, 0.3) is 0 Å². The standard InChI is InChI=1S/C15H19NO3/c1-18-14-8-5-6-12(11-14)10-13-7-3-4-9-16(13)15(17)19-2/h3,5-8,11,13H,4,9-10H2,1-2H3. The molecule has 19 heavy (non-hydrogen) atoms. The van der Waals surface area contributed by atoms with Crippen molar-refractivity contribution in [3.8, 4) is 5.75 Å². The number of methoxy groups -OCH3 is 2. The lowest BCUT2D eigenvalue weighted by molar-refractivity contribution is 0.111. The first kappa shape index (κ1) is 13.5. The molecule has 0 aromatic heterocycles. The highest BCUT2D eigenvalue weighted by Crippen LogP contribution is 2.19. The molecule has 1 heterocycles. The maximum absolute atomic E-state index is 11.7. The van der Waals surface area contributed by atoms with E-state index in [4.69, 9.17) is 9.47 Å². The van der Waals surface area contributed by atoms with Crippen LogP contribution in [0.3, 0.4) is 0 Å². The number of rotatable bonds is 3. The summed E-state index contributed by atoms with van der Waals surface area (Å²) in [4.78, 5) is 13.5. The molecule has 1 aromatic rings. The van der Waals surface area contributed by atoms with Crippen LogP contribution >= 0.6 is 0 Å². The normalized spacial score (nSPS) is 18.2. The van der Waals surface area contributed by atoms with Crippen molar-refractivity contribution in [2.24, 2.45) is 0 Å².